The van der Waals surface area contributed by atoms with Crippen molar-refractivity contribution in [2.24, 2.45) is 0 Å². The van der Waals surface area contributed by atoms with Gasteiger partial charge >= 0.3 is 0 Å². The molecule has 0 unspecified atom stereocenters. The summed E-state index contributed by atoms with van der Waals surface area (Å²) in [6.45, 7) is 0. The van der Waals surface area contributed by atoms with Crippen molar-refractivity contribution in [1.29, 1.82) is 0 Å². The molecule has 0 radical (unpaired) electrons. The smallest absolute Gasteiger partial charge is 0.164 e. The van der Waals surface area contributed by atoms with Crippen molar-refractivity contribution in [3.05, 3.63) is 176 Å². The summed E-state index contributed by atoms with van der Waals surface area (Å²) in [4.78, 5) is 15.2. The third kappa shape index (κ3) is 4.52. The molecule has 5 heteroatoms. The van der Waals surface area contributed by atoms with E-state index in [9.17, 15) is 0 Å². The molecule has 10 aromatic rings. The first-order valence-corrected chi connectivity index (χ1v) is 16.8. The van der Waals surface area contributed by atoms with Gasteiger partial charge in [-0.15, -0.1) is 0 Å². The summed E-state index contributed by atoms with van der Waals surface area (Å²) in [7, 11) is 0. The number of fused-ring (bicyclic) bond motifs is 6. The maximum absolute atomic E-state index is 5.12. The van der Waals surface area contributed by atoms with Crippen LogP contribution in [0, 0.1) is 0 Å². The van der Waals surface area contributed by atoms with Gasteiger partial charge in [-0.05, 0) is 60.7 Å². The Balaban J connectivity index is 1.14. The first kappa shape index (κ1) is 28.2. The number of para-hydroxylation sites is 4. The zero-order valence-electron chi connectivity index (χ0n) is 27.0. The Morgan fingerprint density at radius 2 is 0.660 bits per heavy atom. The van der Waals surface area contributed by atoms with Crippen LogP contribution in [0.4, 0.5) is 0 Å². The van der Waals surface area contributed by atoms with E-state index in [4.69, 9.17) is 15.0 Å². The molecular formula is C45H29N5. The maximum Gasteiger partial charge on any atom is 0.164 e. The molecule has 0 fully saturated rings. The molecule has 3 heterocycles. The summed E-state index contributed by atoms with van der Waals surface area (Å²) in [6, 6.07) is 61.4. The van der Waals surface area contributed by atoms with Gasteiger partial charge in [0.15, 0.2) is 17.5 Å². The van der Waals surface area contributed by atoms with Crippen molar-refractivity contribution >= 4 is 43.6 Å². The Labute approximate surface area is 288 Å². The van der Waals surface area contributed by atoms with Crippen LogP contribution in [0.1, 0.15) is 0 Å². The molecule has 10 rings (SSSR count). The van der Waals surface area contributed by atoms with Gasteiger partial charge in [0.05, 0.1) is 22.1 Å². The van der Waals surface area contributed by atoms with Crippen molar-refractivity contribution in [3.63, 3.8) is 0 Å². The maximum atomic E-state index is 5.12. The molecule has 0 saturated heterocycles. The van der Waals surface area contributed by atoms with Crippen LogP contribution in [0.5, 0.6) is 0 Å². The van der Waals surface area contributed by atoms with Gasteiger partial charge in [0.1, 0.15) is 0 Å². The summed E-state index contributed by atoms with van der Waals surface area (Å²) >= 11 is 0. The third-order valence-electron chi connectivity index (χ3n) is 9.58. The van der Waals surface area contributed by atoms with Gasteiger partial charge in [0.25, 0.3) is 0 Å². The highest BCUT2D eigenvalue weighted by molar-refractivity contribution is 6.10. The van der Waals surface area contributed by atoms with Gasteiger partial charge < -0.3 is 9.13 Å². The fraction of sp³-hybridized carbons (Fsp3) is 0. The largest absolute Gasteiger partial charge is 0.309 e. The second kappa shape index (κ2) is 11.4. The second-order valence-corrected chi connectivity index (χ2v) is 12.5. The number of hydrogen-bond acceptors (Lipinski definition) is 3. The topological polar surface area (TPSA) is 48.5 Å². The molecular weight excluding hydrogens is 611 g/mol. The fourth-order valence-corrected chi connectivity index (χ4v) is 7.28. The highest BCUT2D eigenvalue weighted by Gasteiger charge is 2.17. The molecule has 0 N–H and O–H groups in total. The van der Waals surface area contributed by atoms with Crippen LogP contribution in [0.2, 0.25) is 0 Å². The molecule has 0 spiro atoms. The monoisotopic (exact) mass is 639 g/mol. The van der Waals surface area contributed by atoms with E-state index in [-0.39, 0.29) is 0 Å². The van der Waals surface area contributed by atoms with Gasteiger partial charge in [0.2, 0.25) is 0 Å². The second-order valence-electron chi connectivity index (χ2n) is 12.5. The van der Waals surface area contributed by atoms with Gasteiger partial charge in [-0.3, -0.25) is 0 Å². The van der Waals surface area contributed by atoms with Crippen LogP contribution >= 0.6 is 0 Å². The van der Waals surface area contributed by atoms with Crippen molar-refractivity contribution < 1.29 is 0 Å². The molecule has 5 nitrogen and oxygen atoms in total. The van der Waals surface area contributed by atoms with E-state index in [0.717, 1.165) is 39.1 Å². The van der Waals surface area contributed by atoms with Crippen molar-refractivity contribution in [2.75, 3.05) is 0 Å². The minimum Gasteiger partial charge on any atom is -0.309 e. The lowest BCUT2D eigenvalue weighted by Gasteiger charge is -2.11. The number of hydrogen-bond donors (Lipinski definition) is 0. The van der Waals surface area contributed by atoms with Gasteiger partial charge in [-0.1, -0.05) is 115 Å². The first-order chi connectivity index (χ1) is 24.8. The predicted octanol–water partition coefficient (Wildman–Crippen LogP) is 11.1. The summed E-state index contributed by atoms with van der Waals surface area (Å²) in [6.07, 6.45) is 0. The molecule has 0 saturated carbocycles. The molecule has 234 valence electrons. The highest BCUT2D eigenvalue weighted by Crippen LogP contribution is 2.36. The van der Waals surface area contributed by atoms with Gasteiger partial charge in [0, 0.05) is 49.6 Å². The van der Waals surface area contributed by atoms with E-state index in [0.29, 0.717) is 17.5 Å². The standard InChI is InChI=1S/C45H29N5/c1-3-13-30(14-4-1)43-46-44(31-23-26-34(27-24-31)49-39-20-10-7-17-35(39)36-18-8-11-21-40(36)49)48-45(47-43)32-25-28-38-37-19-9-12-22-41(37)50(42(38)29-32)33-15-5-2-6-16-33/h1-29H. The van der Waals surface area contributed by atoms with Crippen LogP contribution in [0.3, 0.4) is 0 Å². The van der Waals surface area contributed by atoms with Crippen LogP contribution in [0.15, 0.2) is 176 Å². The normalized spacial score (nSPS) is 11.6. The van der Waals surface area contributed by atoms with Crippen molar-refractivity contribution in [2.45, 2.75) is 0 Å². The third-order valence-corrected chi connectivity index (χ3v) is 9.58. The zero-order chi connectivity index (χ0) is 33.0. The summed E-state index contributed by atoms with van der Waals surface area (Å²) in [5.74, 6) is 1.90. The minimum atomic E-state index is 0.631. The number of benzene rings is 7. The molecule has 0 atom stereocenters. The Morgan fingerprint density at radius 1 is 0.280 bits per heavy atom. The average Bonchev–Trinajstić information content (AvgIpc) is 3.71. The van der Waals surface area contributed by atoms with E-state index in [1.807, 2.05) is 30.3 Å². The summed E-state index contributed by atoms with van der Waals surface area (Å²) in [5, 5.41) is 4.88. The molecule has 0 aliphatic rings. The molecule has 50 heavy (non-hydrogen) atoms. The molecule has 0 aliphatic carbocycles. The van der Waals surface area contributed by atoms with Crippen LogP contribution in [-0.2, 0) is 0 Å². The molecule has 0 aliphatic heterocycles. The number of nitrogens with zero attached hydrogens (tertiary/aromatic N) is 5. The van der Waals surface area contributed by atoms with Gasteiger partial charge in [-0.25, -0.2) is 15.0 Å². The van der Waals surface area contributed by atoms with E-state index in [2.05, 4.69) is 155 Å². The van der Waals surface area contributed by atoms with Gasteiger partial charge in [-0.2, -0.15) is 0 Å². The Hall–Kier alpha value is -6.85. The minimum absolute atomic E-state index is 0.631. The molecule has 3 aromatic heterocycles. The van der Waals surface area contributed by atoms with Crippen LogP contribution in [-0.4, -0.2) is 24.1 Å². The van der Waals surface area contributed by atoms with Crippen LogP contribution in [0.25, 0.3) is 89.2 Å². The molecule has 0 amide bonds. The Morgan fingerprint density at radius 3 is 1.22 bits per heavy atom. The van der Waals surface area contributed by atoms with E-state index in [1.54, 1.807) is 0 Å². The zero-order valence-corrected chi connectivity index (χ0v) is 27.0. The SMILES string of the molecule is c1ccc(-c2nc(-c3ccc(-n4c5ccccc5c5ccccc54)cc3)nc(-c3ccc4c5ccccc5n(-c5ccccc5)c4c3)n2)cc1. The van der Waals surface area contributed by atoms with E-state index >= 15 is 0 Å². The fourth-order valence-electron chi connectivity index (χ4n) is 7.28. The van der Waals surface area contributed by atoms with E-state index < -0.39 is 0 Å². The highest BCUT2D eigenvalue weighted by atomic mass is 15.0. The van der Waals surface area contributed by atoms with E-state index in [1.165, 1.54) is 32.6 Å². The summed E-state index contributed by atoms with van der Waals surface area (Å²) < 4.78 is 4.64. The van der Waals surface area contributed by atoms with Crippen molar-refractivity contribution in [3.8, 4) is 45.5 Å². The number of aromatic nitrogens is 5. The van der Waals surface area contributed by atoms with Crippen LogP contribution < -0.4 is 0 Å². The number of rotatable bonds is 5. The lowest BCUT2D eigenvalue weighted by Crippen LogP contribution is -2.01. The predicted molar refractivity (Wildman–Crippen MR) is 205 cm³/mol. The molecule has 7 aromatic carbocycles. The summed E-state index contributed by atoms with van der Waals surface area (Å²) in [5.41, 5.74) is 9.62. The average molecular weight is 640 g/mol. The Bertz CT molecular complexity index is 2800. The lowest BCUT2D eigenvalue weighted by molar-refractivity contribution is 1.07. The Kier molecular flexibility index (Phi) is 6.42. The lowest BCUT2D eigenvalue weighted by atomic mass is 10.1. The first-order valence-electron chi connectivity index (χ1n) is 16.8. The van der Waals surface area contributed by atoms with Crippen molar-refractivity contribution in [1.82, 2.24) is 24.1 Å². The molecule has 0 bridgehead atoms. The quantitative estimate of drug-likeness (QED) is 0.188.